The summed E-state index contributed by atoms with van der Waals surface area (Å²) in [5.41, 5.74) is 0. The van der Waals surface area contributed by atoms with Crippen LogP contribution in [0.2, 0.25) is 0 Å². The summed E-state index contributed by atoms with van der Waals surface area (Å²) in [7, 11) is 0. The maximum atomic E-state index is 11.9. The molecule has 0 unspecified atom stereocenters. The molecule has 0 spiro atoms. The highest BCUT2D eigenvalue weighted by Crippen LogP contribution is 2.24. The SMILES string of the molecule is N#CCc1ncc(C(F)F)s1. The van der Waals surface area contributed by atoms with E-state index in [1.807, 2.05) is 6.07 Å². The van der Waals surface area contributed by atoms with Gasteiger partial charge in [0.25, 0.3) is 6.43 Å². The second-order valence-electron chi connectivity index (χ2n) is 1.79. The zero-order chi connectivity index (χ0) is 8.27. The fourth-order valence-electron chi connectivity index (χ4n) is 0.575. The third-order valence-electron chi connectivity index (χ3n) is 1.02. The Kier molecular flexibility index (Phi) is 2.49. The second kappa shape index (κ2) is 3.39. The molecule has 0 fully saturated rings. The van der Waals surface area contributed by atoms with E-state index in [-0.39, 0.29) is 11.3 Å². The van der Waals surface area contributed by atoms with Gasteiger partial charge in [-0.3, -0.25) is 0 Å². The fraction of sp³-hybridized carbons (Fsp3) is 0.333. The molecule has 2 nitrogen and oxygen atoms in total. The topological polar surface area (TPSA) is 36.7 Å². The molecule has 0 aliphatic carbocycles. The van der Waals surface area contributed by atoms with Crippen LogP contribution in [0.15, 0.2) is 6.20 Å². The molecule has 0 bridgehead atoms. The molecule has 0 saturated carbocycles. The highest BCUT2D eigenvalue weighted by atomic mass is 32.1. The van der Waals surface area contributed by atoms with Crippen molar-refractivity contribution in [3.05, 3.63) is 16.1 Å². The Labute approximate surface area is 66.1 Å². The number of aromatic nitrogens is 1. The van der Waals surface area contributed by atoms with E-state index in [0.717, 1.165) is 17.5 Å². The average molecular weight is 174 g/mol. The van der Waals surface area contributed by atoms with Crippen molar-refractivity contribution in [3.63, 3.8) is 0 Å². The minimum absolute atomic E-state index is 0.0738. The zero-order valence-corrected chi connectivity index (χ0v) is 6.24. The van der Waals surface area contributed by atoms with Gasteiger partial charge < -0.3 is 0 Å². The summed E-state index contributed by atoms with van der Waals surface area (Å²) in [5, 5.41) is 8.64. The molecule has 0 radical (unpaired) electrons. The number of nitrogens with zero attached hydrogens (tertiary/aromatic N) is 2. The van der Waals surface area contributed by atoms with Crippen LogP contribution in [0.5, 0.6) is 0 Å². The molecule has 0 atom stereocenters. The minimum Gasteiger partial charge on any atom is -0.248 e. The van der Waals surface area contributed by atoms with Gasteiger partial charge in [-0.15, -0.1) is 11.3 Å². The molecular formula is C6H4F2N2S. The lowest BCUT2D eigenvalue weighted by Gasteiger charge is -1.87. The molecule has 1 aromatic rings. The number of rotatable bonds is 2. The zero-order valence-electron chi connectivity index (χ0n) is 5.42. The van der Waals surface area contributed by atoms with Crippen LogP contribution in [0.1, 0.15) is 16.3 Å². The minimum atomic E-state index is -2.47. The Bertz CT molecular complexity index is 276. The van der Waals surface area contributed by atoms with Crippen LogP contribution < -0.4 is 0 Å². The standard InChI is InChI=1S/C6H4F2N2S/c7-6(8)4-3-10-5(11-4)1-2-9/h3,6H,1H2. The predicted octanol–water partition coefficient (Wildman–Crippen LogP) is 2.15. The summed E-state index contributed by atoms with van der Waals surface area (Å²) < 4.78 is 23.8. The highest BCUT2D eigenvalue weighted by Gasteiger charge is 2.10. The third-order valence-corrected chi connectivity index (χ3v) is 2.02. The van der Waals surface area contributed by atoms with Crippen LogP contribution in [0, 0.1) is 11.3 Å². The van der Waals surface area contributed by atoms with Crippen LogP contribution in [0.25, 0.3) is 0 Å². The van der Waals surface area contributed by atoms with Crippen LogP contribution in [0.4, 0.5) is 8.78 Å². The molecule has 1 heterocycles. The Hall–Kier alpha value is -1.02. The van der Waals surface area contributed by atoms with Crippen molar-refractivity contribution >= 4 is 11.3 Å². The maximum Gasteiger partial charge on any atom is 0.274 e. The lowest BCUT2D eigenvalue weighted by Crippen LogP contribution is -1.74. The number of thiazole rings is 1. The predicted molar refractivity (Wildman–Crippen MR) is 36.4 cm³/mol. The summed E-state index contributed by atoms with van der Waals surface area (Å²) in [4.78, 5) is 3.57. The van der Waals surface area contributed by atoms with E-state index >= 15 is 0 Å². The van der Waals surface area contributed by atoms with E-state index < -0.39 is 6.43 Å². The fourth-order valence-corrected chi connectivity index (χ4v) is 1.28. The first-order chi connectivity index (χ1) is 5.24. The van der Waals surface area contributed by atoms with Crippen LogP contribution in [-0.2, 0) is 6.42 Å². The van der Waals surface area contributed by atoms with Gasteiger partial charge >= 0.3 is 0 Å². The number of halogens is 2. The smallest absolute Gasteiger partial charge is 0.248 e. The first-order valence-electron chi connectivity index (χ1n) is 2.83. The van der Waals surface area contributed by atoms with Gasteiger partial charge in [0.1, 0.15) is 5.01 Å². The van der Waals surface area contributed by atoms with E-state index in [1.165, 1.54) is 0 Å². The van der Waals surface area contributed by atoms with Gasteiger partial charge in [0, 0.05) is 6.20 Å². The van der Waals surface area contributed by atoms with Crippen molar-refractivity contribution in [2.45, 2.75) is 12.8 Å². The van der Waals surface area contributed by atoms with Crippen molar-refractivity contribution in [2.75, 3.05) is 0 Å². The first-order valence-corrected chi connectivity index (χ1v) is 3.65. The van der Waals surface area contributed by atoms with Gasteiger partial charge in [-0.2, -0.15) is 5.26 Å². The van der Waals surface area contributed by atoms with Crippen LogP contribution in [-0.4, -0.2) is 4.98 Å². The molecule has 58 valence electrons. The molecule has 0 saturated heterocycles. The van der Waals surface area contributed by atoms with Crippen molar-refractivity contribution in [3.8, 4) is 6.07 Å². The lowest BCUT2D eigenvalue weighted by molar-refractivity contribution is 0.155. The van der Waals surface area contributed by atoms with Gasteiger partial charge in [0.05, 0.1) is 17.4 Å². The summed E-state index contributed by atoms with van der Waals surface area (Å²) in [6, 6.07) is 1.84. The van der Waals surface area contributed by atoms with Crippen LogP contribution in [0.3, 0.4) is 0 Å². The van der Waals surface area contributed by atoms with Crippen molar-refractivity contribution in [1.29, 1.82) is 5.26 Å². The van der Waals surface area contributed by atoms with Gasteiger partial charge in [0.15, 0.2) is 0 Å². The summed E-state index contributed by atoms with van der Waals surface area (Å²) in [5.74, 6) is 0. The molecule has 0 aliphatic rings. The van der Waals surface area contributed by atoms with Crippen molar-refractivity contribution in [2.24, 2.45) is 0 Å². The van der Waals surface area contributed by atoms with Gasteiger partial charge in [0.2, 0.25) is 0 Å². The number of hydrogen-bond donors (Lipinski definition) is 0. The molecule has 0 amide bonds. The molecule has 0 N–H and O–H groups in total. The van der Waals surface area contributed by atoms with Crippen molar-refractivity contribution < 1.29 is 8.78 Å². The van der Waals surface area contributed by atoms with Gasteiger partial charge in [-0.25, -0.2) is 13.8 Å². The highest BCUT2D eigenvalue weighted by molar-refractivity contribution is 7.11. The molecule has 0 aliphatic heterocycles. The Morgan fingerprint density at radius 2 is 2.45 bits per heavy atom. The maximum absolute atomic E-state index is 11.9. The van der Waals surface area contributed by atoms with E-state index in [0.29, 0.717) is 5.01 Å². The quantitative estimate of drug-likeness (QED) is 0.688. The average Bonchev–Trinajstić information content (AvgIpc) is 2.37. The van der Waals surface area contributed by atoms with Gasteiger partial charge in [-0.05, 0) is 0 Å². The number of alkyl halides is 2. The Balaban J connectivity index is 2.75. The number of hydrogen-bond acceptors (Lipinski definition) is 3. The monoisotopic (exact) mass is 174 g/mol. The molecule has 1 aromatic heterocycles. The Morgan fingerprint density at radius 1 is 1.73 bits per heavy atom. The second-order valence-corrected chi connectivity index (χ2v) is 2.94. The molecule has 11 heavy (non-hydrogen) atoms. The summed E-state index contributed by atoms with van der Waals surface area (Å²) >= 11 is 0.882. The summed E-state index contributed by atoms with van der Waals surface area (Å²) in [6.07, 6.45) is -1.25. The molecule has 5 heteroatoms. The first kappa shape index (κ1) is 8.08. The Morgan fingerprint density at radius 3 is 2.91 bits per heavy atom. The van der Waals surface area contributed by atoms with Crippen LogP contribution >= 0.6 is 11.3 Å². The molecular weight excluding hydrogens is 170 g/mol. The van der Waals surface area contributed by atoms with Crippen molar-refractivity contribution in [1.82, 2.24) is 4.98 Å². The normalized spacial score (nSPS) is 10.0. The van der Waals surface area contributed by atoms with E-state index in [4.69, 9.17) is 5.26 Å². The van der Waals surface area contributed by atoms with E-state index in [1.54, 1.807) is 0 Å². The molecule has 1 rings (SSSR count). The third kappa shape index (κ3) is 1.95. The molecule has 0 aromatic carbocycles. The number of nitriles is 1. The largest absolute Gasteiger partial charge is 0.274 e. The van der Waals surface area contributed by atoms with E-state index in [9.17, 15) is 8.78 Å². The lowest BCUT2D eigenvalue weighted by atomic mass is 10.5. The van der Waals surface area contributed by atoms with Gasteiger partial charge in [-0.1, -0.05) is 0 Å². The summed E-state index contributed by atoms with van der Waals surface area (Å²) in [6.45, 7) is 0. The van der Waals surface area contributed by atoms with E-state index in [2.05, 4.69) is 4.98 Å².